The molecule has 1 aliphatic rings. The monoisotopic (exact) mass is 275 g/mol. The predicted molar refractivity (Wildman–Crippen MR) is 73.9 cm³/mol. The van der Waals surface area contributed by atoms with Crippen molar-refractivity contribution < 1.29 is 14.3 Å². The summed E-state index contributed by atoms with van der Waals surface area (Å²) < 4.78 is 6.27. The minimum absolute atomic E-state index is 0.00764. The number of morpholine rings is 1. The van der Waals surface area contributed by atoms with Crippen molar-refractivity contribution in [2.75, 3.05) is 26.3 Å². The average molecular weight is 275 g/mol. The normalized spacial score (nSPS) is 15.7. The van der Waals surface area contributed by atoms with Gasteiger partial charge in [0.05, 0.1) is 13.2 Å². The fraction of sp³-hybridized carbons (Fsp3) is 0.286. The van der Waals surface area contributed by atoms with Gasteiger partial charge in [-0.1, -0.05) is 0 Å². The highest BCUT2D eigenvalue weighted by atomic mass is 32.1. The van der Waals surface area contributed by atoms with Crippen molar-refractivity contribution in [1.29, 1.82) is 0 Å². The first-order chi connectivity index (χ1) is 9.29. The third kappa shape index (κ3) is 2.27. The summed E-state index contributed by atoms with van der Waals surface area (Å²) in [7, 11) is 0. The second kappa shape index (κ2) is 5.11. The second-order valence-electron chi connectivity index (χ2n) is 4.42. The summed E-state index contributed by atoms with van der Waals surface area (Å²) in [5.74, 6) is 0.00764. The Labute approximate surface area is 114 Å². The van der Waals surface area contributed by atoms with Gasteiger partial charge < -0.3 is 9.64 Å². The molecule has 0 spiro atoms. The number of amides is 1. The SMILES string of the molecule is O=Cc1csc2ccc(C(=O)N3CCOCC3)cc12. The van der Waals surface area contributed by atoms with Crippen LogP contribution in [-0.2, 0) is 4.74 Å². The van der Waals surface area contributed by atoms with Gasteiger partial charge in [-0.25, -0.2) is 0 Å². The van der Waals surface area contributed by atoms with E-state index in [4.69, 9.17) is 4.74 Å². The van der Waals surface area contributed by atoms with E-state index in [1.807, 2.05) is 23.6 Å². The number of aldehydes is 1. The molecule has 0 atom stereocenters. The van der Waals surface area contributed by atoms with Gasteiger partial charge in [0.1, 0.15) is 0 Å². The third-order valence-electron chi connectivity index (χ3n) is 3.28. The molecule has 0 unspecified atom stereocenters. The van der Waals surface area contributed by atoms with Crippen molar-refractivity contribution in [2.45, 2.75) is 0 Å². The standard InChI is InChI=1S/C14H13NO3S/c16-8-11-9-19-13-2-1-10(7-12(11)13)14(17)15-3-5-18-6-4-15/h1-2,7-9H,3-6H2. The first-order valence-corrected chi connectivity index (χ1v) is 7.01. The molecule has 1 amide bonds. The van der Waals surface area contributed by atoms with E-state index in [2.05, 4.69) is 0 Å². The fourth-order valence-electron chi connectivity index (χ4n) is 2.22. The summed E-state index contributed by atoms with van der Waals surface area (Å²) >= 11 is 1.52. The van der Waals surface area contributed by atoms with Gasteiger partial charge in [0.2, 0.25) is 0 Å². The number of hydrogen-bond donors (Lipinski definition) is 0. The first-order valence-electron chi connectivity index (χ1n) is 6.13. The maximum atomic E-state index is 12.4. The van der Waals surface area contributed by atoms with Gasteiger partial charge in [-0.3, -0.25) is 9.59 Å². The molecular formula is C14H13NO3S. The van der Waals surface area contributed by atoms with Crippen LogP contribution in [0.5, 0.6) is 0 Å². The van der Waals surface area contributed by atoms with Crippen molar-refractivity contribution in [3.8, 4) is 0 Å². The van der Waals surface area contributed by atoms with Crippen molar-refractivity contribution in [1.82, 2.24) is 4.90 Å². The zero-order valence-electron chi connectivity index (χ0n) is 10.3. The van der Waals surface area contributed by atoms with Crippen LogP contribution in [0.2, 0.25) is 0 Å². The minimum atomic E-state index is 0.00764. The smallest absolute Gasteiger partial charge is 0.254 e. The van der Waals surface area contributed by atoms with Crippen LogP contribution in [-0.4, -0.2) is 43.4 Å². The highest BCUT2D eigenvalue weighted by Crippen LogP contribution is 2.26. The maximum absolute atomic E-state index is 12.4. The molecule has 0 saturated carbocycles. The Morgan fingerprint density at radius 2 is 2.11 bits per heavy atom. The van der Waals surface area contributed by atoms with E-state index in [-0.39, 0.29) is 5.91 Å². The van der Waals surface area contributed by atoms with Crippen LogP contribution in [0.15, 0.2) is 23.6 Å². The number of benzene rings is 1. The molecule has 4 nitrogen and oxygen atoms in total. The molecule has 1 aromatic heterocycles. The number of hydrogen-bond acceptors (Lipinski definition) is 4. The molecular weight excluding hydrogens is 262 g/mol. The number of carbonyl (C=O) groups excluding carboxylic acids is 2. The molecule has 0 aliphatic carbocycles. The summed E-state index contributed by atoms with van der Waals surface area (Å²) in [6, 6.07) is 5.54. The fourth-order valence-corrected chi connectivity index (χ4v) is 3.11. The molecule has 2 heterocycles. The summed E-state index contributed by atoms with van der Waals surface area (Å²) in [4.78, 5) is 25.1. The minimum Gasteiger partial charge on any atom is -0.378 e. The van der Waals surface area contributed by atoms with Crippen LogP contribution in [0, 0.1) is 0 Å². The van der Waals surface area contributed by atoms with Crippen molar-refractivity contribution >= 4 is 33.6 Å². The lowest BCUT2D eigenvalue weighted by molar-refractivity contribution is 0.0303. The predicted octanol–water partition coefficient (Wildman–Crippen LogP) is 2.19. The van der Waals surface area contributed by atoms with Gasteiger partial charge in [0, 0.05) is 39.7 Å². The Morgan fingerprint density at radius 1 is 1.32 bits per heavy atom. The zero-order valence-corrected chi connectivity index (χ0v) is 11.1. The first kappa shape index (κ1) is 12.3. The quantitative estimate of drug-likeness (QED) is 0.789. The van der Waals surface area contributed by atoms with Crippen LogP contribution in [0.4, 0.5) is 0 Å². The lowest BCUT2D eigenvalue weighted by Gasteiger charge is -2.26. The number of carbonyl (C=O) groups is 2. The van der Waals surface area contributed by atoms with Gasteiger partial charge in [-0.15, -0.1) is 11.3 Å². The number of rotatable bonds is 2. The molecule has 0 bridgehead atoms. The van der Waals surface area contributed by atoms with Crippen molar-refractivity contribution in [3.63, 3.8) is 0 Å². The van der Waals surface area contributed by atoms with E-state index in [0.29, 0.717) is 37.4 Å². The van der Waals surface area contributed by atoms with Gasteiger partial charge in [-0.2, -0.15) is 0 Å². The van der Waals surface area contributed by atoms with E-state index in [1.165, 1.54) is 11.3 Å². The molecule has 1 fully saturated rings. The summed E-state index contributed by atoms with van der Waals surface area (Å²) in [5.41, 5.74) is 1.28. The Kier molecular flexibility index (Phi) is 3.31. The van der Waals surface area contributed by atoms with Crippen LogP contribution in [0.1, 0.15) is 20.7 Å². The van der Waals surface area contributed by atoms with Gasteiger partial charge in [0.15, 0.2) is 6.29 Å². The number of nitrogens with zero attached hydrogens (tertiary/aromatic N) is 1. The average Bonchev–Trinajstić information content (AvgIpc) is 2.89. The zero-order chi connectivity index (χ0) is 13.2. The van der Waals surface area contributed by atoms with Gasteiger partial charge in [-0.05, 0) is 18.2 Å². The molecule has 0 radical (unpaired) electrons. The van der Waals surface area contributed by atoms with E-state index < -0.39 is 0 Å². The number of fused-ring (bicyclic) bond motifs is 1. The molecule has 1 saturated heterocycles. The topological polar surface area (TPSA) is 46.6 Å². The van der Waals surface area contributed by atoms with Gasteiger partial charge >= 0.3 is 0 Å². The molecule has 2 aromatic rings. The van der Waals surface area contributed by atoms with Crippen LogP contribution in [0.3, 0.4) is 0 Å². The molecule has 0 N–H and O–H groups in total. The van der Waals surface area contributed by atoms with E-state index >= 15 is 0 Å². The molecule has 5 heteroatoms. The molecule has 1 aromatic carbocycles. The van der Waals surface area contributed by atoms with Crippen molar-refractivity contribution in [2.24, 2.45) is 0 Å². The van der Waals surface area contributed by atoms with Crippen LogP contribution >= 0.6 is 11.3 Å². The molecule has 19 heavy (non-hydrogen) atoms. The third-order valence-corrected chi connectivity index (χ3v) is 4.26. The van der Waals surface area contributed by atoms with Crippen molar-refractivity contribution in [3.05, 3.63) is 34.7 Å². The number of thiophene rings is 1. The second-order valence-corrected chi connectivity index (χ2v) is 5.34. The Morgan fingerprint density at radius 3 is 2.84 bits per heavy atom. The largest absolute Gasteiger partial charge is 0.378 e. The number of ether oxygens (including phenoxy) is 1. The lowest BCUT2D eigenvalue weighted by Crippen LogP contribution is -2.40. The highest BCUT2D eigenvalue weighted by Gasteiger charge is 2.19. The van der Waals surface area contributed by atoms with E-state index in [9.17, 15) is 9.59 Å². The summed E-state index contributed by atoms with van der Waals surface area (Å²) in [5, 5.41) is 2.68. The Balaban J connectivity index is 1.95. The molecule has 98 valence electrons. The van der Waals surface area contributed by atoms with E-state index in [1.54, 1.807) is 4.90 Å². The Bertz CT molecular complexity index is 629. The molecule has 3 rings (SSSR count). The van der Waals surface area contributed by atoms with E-state index in [0.717, 1.165) is 16.4 Å². The molecule has 1 aliphatic heterocycles. The van der Waals surface area contributed by atoms with Crippen LogP contribution < -0.4 is 0 Å². The summed E-state index contributed by atoms with van der Waals surface area (Å²) in [6.45, 7) is 2.43. The Hall–Kier alpha value is -1.72. The van der Waals surface area contributed by atoms with Gasteiger partial charge in [0.25, 0.3) is 5.91 Å². The van der Waals surface area contributed by atoms with Crippen LogP contribution in [0.25, 0.3) is 10.1 Å². The lowest BCUT2D eigenvalue weighted by atomic mass is 10.1. The highest BCUT2D eigenvalue weighted by molar-refractivity contribution is 7.17. The maximum Gasteiger partial charge on any atom is 0.254 e. The summed E-state index contributed by atoms with van der Waals surface area (Å²) in [6.07, 6.45) is 0.835.